The van der Waals surface area contributed by atoms with Crippen LogP contribution in [0.1, 0.15) is 25.6 Å². The molecule has 4 aromatic rings. The molecule has 0 radical (unpaired) electrons. The van der Waals surface area contributed by atoms with Crippen LogP contribution in [0.4, 0.5) is 5.69 Å². The van der Waals surface area contributed by atoms with Gasteiger partial charge in [0.15, 0.2) is 0 Å². The van der Waals surface area contributed by atoms with Crippen molar-refractivity contribution in [2.45, 2.75) is 37.6 Å². The number of carbonyl (C=O) groups is 1. The first-order valence-corrected chi connectivity index (χ1v) is 12.3. The zero-order chi connectivity index (χ0) is 23.6. The first-order chi connectivity index (χ1) is 15.8. The van der Waals surface area contributed by atoms with Gasteiger partial charge < -0.3 is 14.5 Å². The lowest BCUT2D eigenvalue weighted by molar-refractivity contribution is -0.116. The van der Waals surface area contributed by atoms with E-state index in [0.717, 1.165) is 17.6 Å². The Kier molecular flexibility index (Phi) is 6.50. The van der Waals surface area contributed by atoms with Crippen molar-refractivity contribution in [3.63, 3.8) is 0 Å². The number of imidazole rings is 2. The van der Waals surface area contributed by atoms with E-state index in [1.165, 1.54) is 12.1 Å². The van der Waals surface area contributed by atoms with E-state index in [4.69, 9.17) is 16.7 Å². The number of hydrogen-bond donors (Lipinski definition) is 2. The molecule has 0 fully saturated rings. The number of primary sulfonamides is 1. The van der Waals surface area contributed by atoms with Crippen molar-refractivity contribution >= 4 is 44.3 Å². The lowest BCUT2D eigenvalue weighted by Crippen LogP contribution is -2.14. The molecule has 0 saturated carbocycles. The molecule has 33 heavy (non-hydrogen) atoms. The van der Waals surface area contributed by atoms with Crippen LogP contribution >= 0.6 is 11.6 Å². The summed E-state index contributed by atoms with van der Waals surface area (Å²) in [7, 11) is -3.82. The second-order valence-electron chi connectivity index (χ2n) is 7.56. The van der Waals surface area contributed by atoms with Crippen LogP contribution in [0.15, 0.2) is 60.0 Å². The molecule has 0 bridgehead atoms. The molecule has 1 amide bonds. The molecule has 0 aliphatic heterocycles. The Morgan fingerprint density at radius 1 is 1.21 bits per heavy atom. The lowest BCUT2D eigenvalue weighted by atomic mass is 10.2. The summed E-state index contributed by atoms with van der Waals surface area (Å²) in [5.41, 5.74) is 2.70. The number of nitrogens with one attached hydrogen (secondary N) is 1. The van der Waals surface area contributed by atoms with Crippen LogP contribution in [0, 0.1) is 0 Å². The van der Waals surface area contributed by atoms with Crippen molar-refractivity contribution in [3.05, 3.63) is 66.0 Å². The monoisotopic (exact) mass is 486 g/mol. The van der Waals surface area contributed by atoms with Gasteiger partial charge in [0.2, 0.25) is 15.9 Å². The molecule has 0 aliphatic carbocycles. The first kappa shape index (κ1) is 23.0. The minimum atomic E-state index is -3.82. The minimum Gasteiger partial charge on any atom is -0.328 e. The highest BCUT2D eigenvalue weighted by atomic mass is 35.5. The van der Waals surface area contributed by atoms with E-state index in [2.05, 4.69) is 15.3 Å². The summed E-state index contributed by atoms with van der Waals surface area (Å²) in [5, 5.41) is 8.59. The maximum absolute atomic E-state index is 12.6. The summed E-state index contributed by atoms with van der Waals surface area (Å²) < 4.78 is 27.1. The Hall–Kier alpha value is -3.21. The van der Waals surface area contributed by atoms with Crippen LogP contribution in [0.25, 0.3) is 16.7 Å². The van der Waals surface area contributed by atoms with Crippen LogP contribution in [-0.2, 0) is 27.8 Å². The number of halogens is 1. The summed E-state index contributed by atoms with van der Waals surface area (Å²) >= 11 is 6.36. The minimum absolute atomic E-state index is 0.0106. The topological polar surface area (TPSA) is 125 Å². The van der Waals surface area contributed by atoms with Crippen molar-refractivity contribution in [1.29, 1.82) is 0 Å². The molecule has 3 N–H and O–H groups in total. The third kappa shape index (κ3) is 5.08. The number of carbonyl (C=O) groups excluding carboxylic acids is 1. The van der Waals surface area contributed by atoms with Gasteiger partial charge in [-0.25, -0.2) is 23.5 Å². The molecule has 0 atom stereocenters. The molecule has 9 nitrogen and oxygen atoms in total. The van der Waals surface area contributed by atoms with Crippen LogP contribution in [-0.4, -0.2) is 33.4 Å². The largest absolute Gasteiger partial charge is 0.328 e. The number of rotatable bonds is 8. The predicted molar refractivity (Wildman–Crippen MR) is 127 cm³/mol. The molecule has 2 aromatic heterocycles. The number of benzene rings is 2. The normalized spacial score (nSPS) is 11.7. The van der Waals surface area contributed by atoms with Crippen molar-refractivity contribution < 1.29 is 13.2 Å². The van der Waals surface area contributed by atoms with Gasteiger partial charge >= 0.3 is 0 Å². The average molecular weight is 487 g/mol. The number of amides is 1. The van der Waals surface area contributed by atoms with Crippen molar-refractivity contribution in [2.24, 2.45) is 5.14 Å². The zero-order valence-electron chi connectivity index (χ0n) is 17.9. The number of anilines is 1. The molecular weight excluding hydrogens is 464 g/mol. The standard InChI is InChI=1S/C22H23ClN6O3S/c1-2-10-29-20-6-4-16(33(24,31)32)13-18(20)27-21(29)7-8-22(30)26-15-3-5-19(17(23)12-15)28-11-9-25-14-28/h3-6,9,11-14H,2,7-8,10H2,1H3,(H,26,30)(H2,24,31,32). The van der Waals surface area contributed by atoms with Crippen LogP contribution in [0.2, 0.25) is 5.02 Å². The Balaban J connectivity index is 1.49. The second-order valence-corrected chi connectivity index (χ2v) is 9.53. The highest BCUT2D eigenvalue weighted by molar-refractivity contribution is 7.89. The van der Waals surface area contributed by atoms with Crippen molar-refractivity contribution in [3.8, 4) is 5.69 Å². The van der Waals surface area contributed by atoms with Gasteiger partial charge in [-0.1, -0.05) is 18.5 Å². The van der Waals surface area contributed by atoms with E-state index in [0.29, 0.717) is 35.0 Å². The van der Waals surface area contributed by atoms with Gasteiger partial charge in [-0.15, -0.1) is 0 Å². The van der Waals surface area contributed by atoms with E-state index in [-0.39, 0.29) is 17.2 Å². The maximum Gasteiger partial charge on any atom is 0.238 e. The molecule has 0 saturated heterocycles. The highest BCUT2D eigenvalue weighted by Crippen LogP contribution is 2.25. The molecule has 0 spiro atoms. The molecule has 172 valence electrons. The lowest BCUT2D eigenvalue weighted by Gasteiger charge is -2.10. The fourth-order valence-corrected chi connectivity index (χ4v) is 4.46. The van der Waals surface area contributed by atoms with E-state index >= 15 is 0 Å². The summed E-state index contributed by atoms with van der Waals surface area (Å²) in [6.45, 7) is 2.74. The summed E-state index contributed by atoms with van der Waals surface area (Å²) in [4.78, 5) is 21.2. The fraction of sp³-hybridized carbons (Fsp3) is 0.227. The van der Waals surface area contributed by atoms with Gasteiger partial charge in [-0.3, -0.25) is 4.79 Å². The third-order valence-corrected chi connectivity index (χ3v) is 6.38. The number of fused-ring (bicyclic) bond motifs is 1. The molecule has 11 heteroatoms. The Morgan fingerprint density at radius 2 is 2.03 bits per heavy atom. The molecule has 4 rings (SSSR count). The zero-order valence-corrected chi connectivity index (χ0v) is 19.5. The van der Waals surface area contributed by atoms with E-state index < -0.39 is 10.0 Å². The second kappa shape index (κ2) is 9.34. The number of hydrogen-bond acceptors (Lipinski definition) is 5. The maximum atomic E-state index is 12.6. The van der Waals surface area contributed by atoms with Gasteiger partial charge in [0.05, 0.1) is 33.0 Å². The third-order valence-electron chi connectivity index (χ3n) is 5.16. The van der Waals surface area contributed by atoms with Gasteiger partial charge in [-0.2, -0.15) is 0 Å². The summed E-state index contributed by atoms with van der Waals surface area (Å²) in [6, 6.07) is 9.91. The molecule has 2 aromatic carbocycles. The summed E-state index contributed by atoms with van der Waals surface area (Å²) in [5.74, 6) is 0.531. The Morgan fingerprint density at radius 3 is 2.70 bits per heavy atom. The van der Waals surface area contributed by atoms with E-state index in [9.17, 15) is 13.2 Å². The van der Waals surface area contributed by atoms with E-state index in [1.54, 1.807) is 41.5 Å². The number of sulfonamides is 1. The van der Waals surface area contributed by atoms with Crippen molar-refractivity contribution in [2.75, 3.05) is 5.32 Å². The quantitative estimate of drug-likeness (QED) is 0.394. The smallest absolute Gasteiger partial charge is 0.238 e. The number of nitrogens with zero attached hydrogens (tertiary/aromatic N) is 4. The number of aromatic nitrogens is 4. The molecule has 0 aliphatic rings. The van der Waals surface area contributed by atoms with Crippen LogP contribution < -0.4 is 10.5 Å². The number of nitrogens with two attached hydrogens (primary N) is 1. The van der Waals surface area contributed by atoms with Gasteiger partial charge in [-0.05, 0) is 42.8 Å². The Labute approximate surface area is 196 Å². The van der Waals surface area contributed by atoms with Gasteiger partial charge in [0, 0.05) is 37.5 Å². The SMILES string of the molecule is CCCn1c(CCC(=O)Nc2ccc(-n3ccnc3)c(Cl)c2)nc2cc(S(N)(=O)=O)ccc21. The van der Waals surface area contributed by atoms with Gasteiger partial charge in [0.25, 0.3) is 0 Å². The molecular formula is C22H23ClN6O3S. The molecule has 0 unspecified atom stereocenters. The van der Waals surface area contributed by atoms with Crippen LogP contribution in [0.3, 0.4) is 0 Å². The fourth-order valence-electron chi connectivity index (χ4n) is 3.64. The molecule has 2 heterocycles. The average Bonchev–Trinajstić information content (AvgIpc) is 3.40. The summed E-state index contributed by atoms with van der Waals surface area (Å²) in [6.07, 6.45) is 6.56. The predicted octanol–water partition coefficient (Wildman–Crippen LogP) is 3.50. The van der Waals surface area contributed by atoms with Crippen LogP contribution in [0.5, 0.6) is 0 Å². The van der Waals surface area contributed by atoms with E-state index in [1.807, 2.05) is 17.6 Å². The highest BCUT2D eigenvalue weighted by Gasteiger charge is 2.16. The number of aryl methyl sites for hydroxylation is 2. The van der Waals surface area contributed by atoms with Crippen molar-refractivity contribution in [1.82, 2.24) is 19.1 Å². The van der Waals surface area contributed by atoms with Gasteiger partial charge in [0.1, 0.15) is 5.82 Å². The Bertz CT molecular complexity index is 1410. The first-order valence-electron chi connectivity index (χ1n) is 10.4.